The number of amides is 1. The molecule has 0 radical (unpaired) electrons. The van der Waals surface area contributed by atoms with E-state index in [0.717, 1.165) is 11.3 Å². The molecule has 1 aromatic rings. The van der Waals surface area contributed by atoms with Crippen LogP contribution in [0.2, 0.25) is 0 Å². The quantitative estimate of drug-likeness (QED) is 0.848. The van der Waals surface area contributed by atoms with Gasteiger partial charge in [0.2, 0.25) is 5.91 Å². The van der Waals surface area contributed by atoms with Crippen LogP contribution in [0.15, 0.2) is 23.1 Å². The molecule has 4 heteroatoms. The van der Waals surface area contributed by atoms with Gasteiger partial charge in [0.05, 0.1) is 11.4 Å². The topological polar surface area (TPSA) is 40.5 Å². The molecule has 0 saturated heterocycles. The number of hydrogen-bond donors (Lipinski definition) is 1. The number of rotatable bonds is 5. The minimum Gasteiger partial charge on any atom is -0.389 e. The first-order valence-electron chi connectivity index (χ1n) is 7.06. The summed E-state index contributed by atoms with van der Waals surface area (Å²) in [5.74, 6) is 0.475. The normalized spacial score (nSPS) is 14.2. The van der Waals surface area contributed by atoms with Crippen molar-refractivity contribution in [2.45, 2.75) is 43.6 Å². The van der Waals surface area contributed by atoms with Crippen LogP contribution in [0.4, 0.5) is 0 Å². The monoisotopic (exact) mass is 293 g/mol. The first kappa shape index (κ1) is 15.4. The molecule has 0 heterocycles. The van der Waals surface area contributed by atoms with E-state index in [1.54, 1.807) is 37.6 Å². The summed E-state index contributed by atoms with van der Waals surface area (Å²) >= 11 is 1.58. The van der Waals surface area contributed by atoms with Crippen molar-refractivity contribution in [1.29, 1.82) is 0 Å². The largest absolute Gasteiger partial charge is 0.389 e. The van der Waals surface area contributed by atoms with Crippen molar-refractivity contribution in [3.8, 4) is 0 Å². The fraction of sp³-hybridized carbons (Fsp3) is 0.562. The van der Waals surface area contributed by atoms with Gasteiger partial charge in [-0.3, -0.25) is 4.79 Å². The minimum atomic E-state index is -0.845. The summed E-state index contributed by atoms with van der Waals surface area (Å²) < 4.78 is 0. The number of fused-ring (bicyclic) bond motifs is 1. The van der Waals surface area contributed by atoms with E-state index < -0.39 is 5.60 Å². The van der Waals surface area contributed by atoms with E-state index in [0.29, 0.717) is 12.3 Å². The van der Waals surface area contributed by atoms with Crippen molar-refractivity contribution in [1.82, 2.24) is 4.90 Å². The minimum absolute atomic E-state index is 0.0534. The second-order valence-corrected chi connectivity index (χ2v) is 7.18. The lowest BCUT2D eigenvalue weighted by molar-refractivity contribution is -0.129. The highest BCUT2D eigenvalue weighted by molar-refractivity contribution is 8.00. The molecule has 1 aromatic carbocycles. The van der Waals surface area contributed by atoms with Crippen LogP contribution in [0.3, 0.4) is 0 Å². The number of nitrogens with zero attached hydrogens (tertiary/aromatic N) is 1. The van der Waals surface area contributed by atoms with Gasteiger partial charge < -0.3 is 10.0 Å². The molecule has 0 atom stereocenters. The fourth-order valence-electron chi connectivity index (χ4n) is 2.56. The van der Waals surface area contributed by atoms with E-state index in [-0.39, 0.29) is 5.91 Å². The molecule has 1 aliphatic rings. The third kappa shape index (κ3) is 4.25. The Balaban J connectivity index is 1.87. The molecular formula is C16H23NO2S. The molecule has 2 rings (SSSR count). The molecule has 3 nitrogen and oxygen atoms in total. The van der Waals surface area contributed by atoms with Gasteiger partial charge in [0.15, 0.2) is 0 Å². The van der Waals surface area contributed by atoms with Crippen molar-refractivity contribution in [3.63, 3.8) is 0 Å². The van der Waals surface area contributed by atoms with E-state index in [1.807, 2.05) is 0 Å². The average molecular weight is 293 g/mol. The van der Waals surface area contributed by atoms with Crippen LogP contribution in [0, 0.1) is 0 Å². The van der Waals surface area contributed by atoms with Gasteiger partial charge in [0, 0.05) is 18.5 Å². The molecule has 20 heavy (non-hydrogen) atoms. The SMILES string of the molecule is CN(CC(C)(C)O)C(=O)CSc1ccc2c(c1)CCC2. The zero-order chi connectivity index (χ0) is 14.8. The van der Waals surface area contributed by atoms with Gasteiger partial charge in [-0.05, 0) is 56.4 Å². The van der Waals surface area contributed by atoms with Crippen LogP contribution in [-0.2, 0) is 17.6 Å². The highest BCUT2D eigenvalue weighted by Gasteiger charge is 2.19. The smallest absolute Gasteiger partial charge is 0.232 e. The lowest BCUT2D eigenvalue weighted by Gasteiger charge is -2.25. The van der Waals surface area contributed by atoms with E-state index >= 15 is 0 Å². The van der Waals surface area contributed by atoms with Crippen molar-refractivity contribution >= 4 is 17.7 Å². The summed E-state index contributed by atoms with van der Waals surface area (Å²) in [6, 6.07) is 6.52. The number of hydrogen-bond acceptors (Lipinski definition) is 3. The van der Waals surface area contributed by atoms with Gasteiger partial charge >= 0.3 is 0 Å². The van der Waals surface area contributed by atoms with Crippen LogP contribution < -0.4 is 0 Å². The van der Waals surface area contributed by atoms with Crippen molar-refractivity contribution in [2.24, 2.45) is 0 Å². The molecule has 1 amide bonds. The third-order valence-electron chi connectivity index (χ3n) is 3.48. The highest BCUT2D eigenvalue weighted by Crippen LogP contribution is 2.27. The van der Waals surface area contributed by atoms with Gasteiger partial charge in [-0.1, -0.05) is 6.07 Å². The van der Waals surface area contributed by atoms with E-state index in [9.17, 15) is 9.90 Å². The first-order valence-corrected chi connectivity index (χ1v) is 8.05. The number of thioether (sulfide) groups is 1. The number of aliphatic hydroxyl groups is 1. The zero-order valence-corrected chi connectivity index (χ0v) is 13.3. The molecule has 0 spiro atoms. The van der Waals surface area contributed by atoms with Crippen LogP contribution in [-0.4, -0.2) is 40.9 Å². The lowest BCUT2D eigenvalue weighted by atomic mass is 10.1. The fourth-order valence-corrected chi connectivity index (χ4v) is 3.46. The highest BCUT2D eigenvalue weighted by atomic mass is 32.2. The Hall–Kier alpha value is -1.00. The maximum atomic E-state index is 12.0. The predicted molar refractivity (Wildman–Crippen MR) is 83.1 cm³/mol. The van der Waals surface area contributed by atoms with Gasteiger partial charge in [-0.2, -0.15) is 0 Å². The number of aryl methyl sites for hydroxylation is 2. The Morgan fingerprint density at radius 1 is 1.35 bits per heavy atom. The van der Waals surface area contributed by atoms with Gasteiger partial charge in [0.1, 0.15) is 0 Å². The molecule has 0 aliphatic heterocycles. The Morgan fingerprint density at radius 3 is 2.75 bits per heavy atom. The Bertz CT molecular complexity index is 494. The number of carbonyl (C=O) groups is 1. The first-order chi connectivity index (χ1) is 9.35. The summed E-state index contributed by atoms with van der Waals surface area (Å²) in [4.78, 5) is 14.8. The number of carbonyl (C=O) groups excluding carboxylic acids is 1. The Kier molecular flexibility index (Phi) is 4.76. The molecular weight excluding hydrogens is 270 g/mol. The summed E-state index contributed by atoms with van der Waals surface area (Å²) in [5, 5.41) is 9.73. The second-order valence-electron chi connectivity index (χ2n) is 6.13. The second kappa shape index (κ2) is 6.19. The van der Waals surface area contributed by atoms with E-state index in [1.165, 1.54) is 24.0 Å². The van der Waals surface area contributed by atoms with Crippen molar-refractivity contribution in [2.75, 3.05) is 19.3 Å². The summed E-state index contributed by atoms with van der Waals surface area (Å²) in [6.45, 7) is 3.78. The molecule has 110 valence electrons. The zero-order valence-electron chi connectivity index (χ0n) is 12.5. The average Bonchev–Trinajstić information content (AvgIpc) is 2.81. The Labute approximate surface area is 125 Å². The maximum absolute atomic E-state index is 12.0. The molecule has 1 aliphatic carbocycles. The van der Waals surface area contributed by atoms with Gasteiger partial charge in [-0.15, -0.1) is 11.8 Å². The van der Waals surface area contributed by atoms with Crippen molar-refractivity contribution < 1.29 is 9.90 Å². The summed E-state index contributed by atoms with van der Waals surface area (Å²) in [6.07, 6.45) is 3.60. The number of benzene rings is 1. The summed E-state index contributed by atoms with van der Waals surface area (Å²) in [5.41, 5.74) is 2.05. The van der Waals surface area contributed by atoms with Crippen LogP contribution in [0.5, 0.6) is 0 Å². The summed E-state index contributed by atoms with van der Waals surface area (Å²) in [7, 11) is 1.74. The van der Waals surface area contributed by atoms with E-state index in [2.05, 4.69) is 18.2 Å². The van der Waals surface area contributed by atoms with Crippen LogP contribution in [0.25, 0.3) is 0 Å². The molecule has 0 bridgehead atoms. The maximum Gasteiger partial charge on any atom is 0.232 e. The third-order valence-corrected chi connectivity index (χ3v) is 4.46. The lowest BCUT2D eigenvalue weighted by Crippen LogP contribution is -2.40. The molecule has 0 saturated carbocycles. The van der Waals surface area contributed by atoms with Gasteiger partial charge in [0.25, 0.3) is 0 Å². The molecule has 0 fully saturated rings. The molecule has 0 aromatic heterocycles. The standard InChI is InChI=1S/C16H23NO2S/c1-16(2,19)11-17(3)15(18)10-20-14-8-7-12-5-4-6-13(12)9-14/h7-9,19H,4-6,10-11H2,1-3H3. The van der Waals surface area contributed by atoms with Crippen molar-refractivity contribution in [3.05, 3.63) is 29.3 Å². The van der Waals surface area contributed by atoms with Crippen LogP contribution in [0.1, 0.15) is 31.4 Å². The predicted octanol–water partition coefficient (Wildman–Crippen LogP) is 2.50. The Morgan fingerprint density at radius 2 is 2.05 bits per heavy atom. The molecule has 0 unspecified atom stereocenters. The molecule has 1 N–H and O–H groups in total. The van der Waals surface area contributed by atoms with Gasteiger partial charge in [-0.25, -0.2) is 0 Å². The number of likely N-dealkylation sites (N-methyl/N-ethyl adjacent to an activating group) is 1. The van der Waals surface area contributed by atoms with Crippen LogP contribution >= 0.6 is 11.8 Å². The van der Waals surface area contributed by atoms with E-state index in [4.69, 9.17) is 0 Å².